The lowest BCUT2D eigenvalue weighted by Gasteiger charge is -2.01. The summed E-state index contributed by atoms with van der Waals surface area (Å²) in [7, 11) is 0. The molecule has 2 N–H and O–H groups in total. The maximum atomic E-state index is 11.0. The van der Waals surface area contributed by atoms with Gasteiger partial charge in [0.25, 0.3) is 0 Å². The predicted molar refractivity (Wildman–Crippen MR) is 54.7 cm³/mol. The Morgan fingerprint density at radius 2 is 2.29 bits per heavy atom. The molecule has 1 aromatic heterocycles. The van der Waals surface area contributed by atoms with Crippen LogP contribution < -0.4 is 5.73 Å². The van der Waals surface area contributed by atoms with Crippen molar-refractivity contribution in [1.29, 1.82) is 0 Å². The number of ketones is 1. The summed E-state index contributed by atoms with van der Waals surface area (Å²) in [6.45, 7) is 0. The topological polar surface area (TPSA) is 56.0 Å². The van der Waals surface area contributed by atoms with Crippen molar-refractivity contribution in [2.75, 3.05) is 5.73 Å². The Hall–Kier alpha value is -1.64. The number of nitrogens with zero attached hydrogens (tertiary/aromatic N) is 1. The van der Waals surface area contributed by atoms with Crippen LogP contribution in [0.5, 0.6) is 0 Å². The second-order valence-electron chi connectivity index (χ2n) is 3.53. The minimum absolute atomic E-state index is 0.238. The molecule has 0 saturated carbocycles. The Kier molecular flexibility index (Phi) is 2.31. The molecule has 0 saturated heterocycles. The average Bonchev–Trinajstić information content (AvgIpc) is 2.51. The third-order valence-corrected chi connectivity index (χ3v) is 2.33. The van der Waals surface area contributed by atoms with Gasteiger partial charge in [0, 0.05) is 12.6 Å². The number of allylic oxidation sites excluding steroid dienone is 2. The van der Waals surface area contributed by atoms with Crippen molar-refractivity contribution in [2.24, 2.45) is 0 Å². The van der Waals surface area contributed by atoms with Gasteiger partial charge in [0.15, 0.2) is 5.78 Å². The Labute approximate surface area is 82.6 Å². The molecule has 1 aromatic rings. The van der Waals surface area contributed by atoms with Crippen LogP contribution in [0.1, 0.15) is 18.4 Å². The molecule has 0 amide bonds. The van der Waals surface area contributed by atoms with Crippen molar-refractivity contribution in [3.8, 4) is 0 Å². The number of anilines is 1. The van der Waals surface area contributed by atoms with Gasteiger partial charge in [0.1, 0.15) is 5.82 Å². The third kappa shape index (κ3) is 1.99. The average molecular weight is 188 g/mol. The fraction of sp³-hybridized carbons (Fsp3) is 0.273. The summed E-state index contributed by atoms with van der Waals surface area (Å²) in [5.74, 6) is 0.773. The van der Waals surface area contributed by atoms with E-state index in [0.29, 0.717) is 12.2 Å². The van der Waals surface area contributed by atoms with E-state index in [1.807, 2.05) is 12.1 Å². The van der Waals surface area contributed by atoms with E-state index in [9.17, 15) is 4.79 Å². The Morgan fingerprint density at radius 3 is 2.93 bits per heavy atom. The van der Waals surface area contributed by atoms with Crippen molar-refractivity contribution < 1.29 is 4.79 Å². The molecule has 14 heavy (non-hydrogen) atoms. The second kappa shape index (κ2) is 3.62. The van der Waals surface area contributed by atoms with Crippen LogP contribution in [-0.2, 0) is 11.2 Å². The van der Waals surface area contributed by atoms with Crippen LogP contribution in [0.4, 0.5) is 5.82 Å². The molecule has 0 aliphatic heterocycles. The molecule has 3 heteroatoms. The maximum absolute atomic E-state index is 11.0. The monoisotopic (exact) mass is 188 g/mol. The number of nitrogen functional groups attached to an aromatic ring is 1. The quantitative estimate of drug-likeness (QED) is 0.765. The number of nitrogens with two attached hydrogens (primary N) is 1. The molecule has 0 atom stereocenters. The van der Waals surface area contributed by atoms with Crippen LogP contribution >= 0.6 is 0 Å². The van der Waals surface area contributed by atoms with Gasteiger partial charge >= 0.3 is 0 Å². The third-order valence-electron chi connectivity index (χ3n) is 2.33. The normalized spacial score (nSPS) is 15.7. The number of carbonyl (C=O) groups is 1. The smallest absolute Gasteiger partial charge is 0.155 e. The zero-order valence-corrected chi connectivity index (χ0v) is 7.86. The molecular weight excluding hydrogens is 176 g/mol. The highest BCUT2D eigenvalue weighted by molar-refractivity contribution is 5.93. The highest BCUT2D eigenvalue weighted by Crippen LogP contribution is 2.19. The Morgan fingerprint density at radius 1 is 1.43 bits per heavy atom. The minimum atomic E-state index is 0.238. The predicted octanol–water partition coefficient (Wildman–Crippen LogP) is 1.50. The molecule has 0 radical (unpaired) electrons. The van der Waals surface area contributed by atoms with Crippen molar-refractivity contribution in [3.05, 3.63) is 35.5 Å². The molecule has 3 nitrogen and oxygen atoms in total. The van der Waals surface area contributed by atoms with E-state index in [2.05, 4.69) is 4.98 Å². The van der Waals surface area contributed by atoms with Crippen LogP contribution in [0.3, 0.4) is 0 Å². The molecule has 1 aliphatic carbocycles. The van der Waals surface area contributed by atoms with Crippen molar-refractivity contribution >= 4 is 11.6 Å². The van der Waals surface area contributed by atoms with Gasteiger partial charge in [0.2, 0.25) is 0 Å². The van der Waals surface area contributed by atoms with Gasteiger partial charge in [-0.15, -0.1) is 0 Å². The molecule has 1 heterocycles. The van der Waals surface area contributed by atoms with E-state index >= 15 is 0 Å². The number of aromatic nitrogens is 1. The van der Waals surface area contributed by atoms with Gasteiger partial charge < -0.3 is 5.73 Å². The first kappa shape index (κ1) is 8.94. The first-order valence-electron chi connectivity index (χ1n) is 4.67. The number of rotatable bonds is 2. The van der Waals surface area contributed by atoms with Gasteiger partial charge in [-0.05, 0) is 36.6 Å². The van der Waals surface area contributed by atoms with E-state index in [4.69, 9.17) is 5.73 Å². The van der Waals surface area contributed by atoms with Crippen LogP contribution in [-0.4, -0.2) is 10.8 Å². The van der Waals surface area contributed by atoms with E-state index < -0.39 is 0 Å². The molecule has 0 fully saturated rings. The zero-order valence-electron chi connectivity index (χ0n) is 7.86. The molecule has 1 aliphatic rings. The Balaban J connectivity index is 2.11. The van der Waals surface area contributed by atoms with E-state index in [-0.39, 0.29) is 5.78 Å². The molecular formula is C11H12N2O. The van der Waals surface area contributed by atoms with Gasteiger partial charge in [0.05, 0.1) is 0 Å². The van der Waals surface area contributed by atoms with E-state index in [1.165, 1.54) is 5.57 Å². The molecule has 0 bridgehead atoms. The fourth-order valence-electron chi connectivity index (χ4n) is 1.66. The van der Waals surface area contributed by atoms with E-state index in [0.717, 1.165) is 18.4 Å². The van der Waals surface area contributed by atoms with Crippen molar-refractivity contribution in [1.82, 2.24) is 4.98 Å². The zero-order chi connectivity index (χ0) is 9.97. The van der Waals surface area contributed by atoms with Crippen molar-refractivity contribution in [2.45, 2.75) is 19.3 Å². The lowest BCUT2D eigenvalue weighted by atomic mass is 10.1. The SMILES string of the molecule is Nc1cc(CC2=CC(=O)CC2)ccn1. The number of hydrogen-bond donors (Lipinski definition) is 1. The number of hydrogen-bond acceptors (Lipinski definition) is 3. The molecule has 72 valence electrons. The molecule has 2 rings (SSSR count). The van der Waals surface area contributed by atoms with Crippen LogP contribution in [0.15, 0.2) is 30.0 Å². The molecule has 0 aromatic carbocycles. The maximum Gasteiger partial charge on any atom is 0.155 e. The molecule has 0 spiro atoms. The van der Waals surface area contributed by atoms with Crippen molar-refractivity contribution in [3.63, 3.8) is 0 Å². The largest absolute Gasteiger partial charge is 0.384 e. The van der Waals surface area contributed by atoms with Crippen LogP contribution in [0, 0.1) is 0 Å². The highest BCUT2D eigenvalue weighted by Gasteiger charge is 2.11. The lowest BCUT2D eigenvalue weighted by Crippen LogP contribution is -1.93. The Bertz CT molecular complexity index is 396. The van der Waals surface area contributed by atoms with Gasteiger partial charge in [-0.2, -0.15) is 0 Å². The summed E-state index contributed by atoms with van der Waals surface area (Å²) >= 11 is 0. The van der Waals surface area contributed by atoms with Crippen LogP contribution in [0.2, 0.25) is 0 Å². The van der Waals surface area contributed by atoms with E-state index in [1.54, 1.807) is 12.3 Å². The second-order valence-corrected chi connectivity index (χ2v) is 3.53. The first-order valence-corrected chi connectivity index (χ1v) is 4.67. The highest BCUT2D eigenvalue weighted by atomic mass is 16.1. The number of pyridine rings is 1. The van der Waals surface area contributed by atoms with Gasteiger partial charge in [-0.25, -0.2) is 4.98 Å². The summed E-state index contributed by atoms with van der Waals surface area (Å²) in [6, 6.07) is 3.78. The summed E-state index contributed by atoms with van der Waals surface area (Å²) < 4.78 is 0. The summed E-state index contributed by atoms with van der Waals surface area (Å²) in [5.41, 5.74) is 7.88. The summed E-state index contributed by atoms with van der Waals surface area (Å²) in [6.07, 6.45) is 5.81. The summed E-state index contributed by atoms with van der Waals surface area (Å²) in [4.78, 5) is 14.9. The van der Waals surface area contributed by atoms with Gasteiger partial charge in [-0.1, -0.05) is 5.57 Å². The number of carbonyl (C=O) groups excluding carboxylic acids is 1. The van der Waals surface area contributed by atoms with Gasteiger partial charge in [-0.3, -0.25) is 4.79 Å². The van der Waals surface area contributed by atoms with Crippen LogP contribution in [0.25, 0.3) is 0 Å². The minimum Gasteiger partial charge on any atom is -0.384 e. The summed E-state index contributed by atoms with van der Waals surface area (Å²) in [5, 5.41) is 0. The lowest BCUT2D eigenvalue weighted by molar-refractivity contribution is -0.114. The first-order chi connectivity index (χ1) is 6.74. The standard InChI is InChI=1S/C11H12N2O/c12-11-7-9(3-4-13-11)5-8-1-2-10(14)6-8/h3-4,6-7H,1-2,5H2,(H2,12,13). The fourth-order valence-corrected chi connectivity index (χ4v) is 1.66. The molecule has 0 unspecified atom stereocenters.